The number of carboxylic acids is 4. The summed E-state index contributed by atoms with van der Waals surface area (Å²) in [6.45, 7) is 5.93. The molecule has 14 N–H and O–H groups in total. The van der Waals surface area contributed by atoms with Gasteiger partial charge in [-0.3, -0.25) is 38.6 Å². The lowest BCUT2D eigenvalue weighted by molar-refractivity contribution is -0.150. The van der Waals surface area contributed by atoms with Crippen molar-refractivity contribution in [3.8, 4) is 0 Å². The van der Waals surface area contributed by atoms with Gasteiger partial charge in [-0.2, -0.15) is 0 Å². The summed E-state index contributed by atoms with van der Waals surface area (Å²) in [4.78, 5) is 135. The molecule has 2 fully saturated rings. The summed E-state index contributed by atoms with van der Waals surface area (Å²) >= 11 is 5.74. The maximum absolute atomic E-state index is 13.2. The molecule has 76 heavy (non-hydrogen) atoms. The average Bonchev–Trinajstić information content (AvgIpc) is 4.00. The second kappa shape index (κ2) is 25.2. The molecule has 5 aliphatic rings. The summed E-state index contributed by atoms with van der Waals surface area (Å²) < 4.78 is 4.88. The molecule has 2 saturated heterocycles. The molecule has 5 aliphatic heterocycles. The molecule has 4 amide bonds. The summed E-state index contributed by atoms with van der Waals surface area (Å²) in [5, 5.41) is 51.9. The minimum Gasteiger partial charge on any atom is -0.481 e. The standard InChI is InChI=1S/C23H27N9O7S3.C18H19N5O9S2/c1-3-4-31-13(25)5-12(24)28-23(31)42-7-10-6-40-19-15(18(34)32(19)16(10)21(37)38)29-17(33)14(11-8-41-22(26)27-11)30-39-9(2)20(35)36;1-7(24)31-4-8-5-33-16-12(15(28)23(16)13(8)17(29)30)21-14(27)11(9-6-34-18(19)20-9)22-32-3-2-10(25)26/h3,5,8-9,13,15,19H,1,4,6-7,24-25H2,2H3,(H2,26,27)(H,29,33)(H,35,36)(H,37,38);6,12,16H,2-5H2,1H3,(H2,19,20)(H,21,27)(H,25,26)(H,29,30)/b30-14-;22-11-/t9?,13?,15?,19-;12?,16-/m00/s1. The quantitative estimate of drug-likeness (QED) is 0.0171. The molecule has 0 bridgehead atoms. The molecular formula is C41H46N14O16S5. The number of fused-ring (bicyclic) bond motifs is 2. The fourth-order valence-corrected chi connectivity index (χ4v) is 12.0. The molecule has 2 aromatic heterocycles. The highest BCUT2D eigenvalue weighted by Crippen LogP contribution is 2.42. The molecule has 35 heteroatoms. The summed E-state index contributed by atoms with van der Waals surface area (Å²) in [6.07, 6.45) is 0.979. The van der Waals surface area contributed by atoms with Crippen molar-refractivity contribution in [1.29, 1.82) is 0 Å². The number of anilines is 2. The second-order valence-corrected chi connectivity index (χ2v) is 20.7. The number of nitrogens with zero attached hydrogens (tertiary/aromatic N) is 8. The minimum absolute atomic E-state index is 0.0178. The first-order valence-electron chi connectivity index (χ1n) is 21.7. The second-order valence-electron chi connectivity index (χ2n) is 15.8. The number of carbonyl (C=O) groups excluding carboxylic acids is 5. The lowest BCUT2D eigenvalue weighted by atomic mass is 10.0. The van der Waals surface area contributed by atoms with Gasteiger partial charge < -0.3 is 73.3 Å². The van der Waals surface area contributed by atoms with Gasteiger partial charge in [-0.05, 0) is 18.6 Å². The number of nitrogen functional groups attached to an aromatic ring is 2. The number of carbonyl (C=O) groups is 9. The van der Waals surface area contributed by atoms with Crippen molar-refractivity contribution in [3.05, 3.63) is 69.2 Å². The first-order valence-corrected chi connectivity index (χ1v) is 26.5. The highest BCUT2D eigenvalue weighted by Gasteiger charge is 2.56. The van der Waals surface area contributed by atoms with E-state index in [0.717, 1.165) is 32.5 Å². The Kier molecular flexibility index (Phi) is 19.1. The summed E-state index contributed by atoms with van der Waals surface area (Å²) in [6, 6.07) is -2.15. The Hall–Kier alpha value is -7.73. The van der Waals surface area contributed by atoms with E-state index in [1.165, 1.54) is 59.9 Å². The van der Waals surface area contributed by atoms with Gasteiger partial charge >= 0.3 is 29.8 Å². The van der Waals surface area contributed by atoms with Gasteiger partial charge in [0.1, 0.15) is 70.8 Å². The van der Waals surface area contributed by atoms with Gasteiger partial charge in [0.05, 0.1) is 6.42 Å². The van der Waals surface area contributed by atoms with Gasteiger partial charge in [-0.15, -0.1) is 52.8 Å². The van der Waals surface area contributed by atoms with Gasteiger partial charge in [0.2, 0.25) is 6.10 Å². The van der Waals surface area contributed by atoms with Gasteiger partial charge in [-0.1, -0.05) is 28.1 Å². The molecule has 0 aliphatic carbocycles. The van der Waals surface area contributed by atoms with Crippen molar-refractivity contribution in [3.63, 3.8) is 0 Å². The van der Waals surface area contributed by atoms with Crippen molar-refractivity contribution < 1.29 is 78.0 Å². The molecule has 2 aromatic rings. The molecule has 0 saturated carbocycles. The number of amides is 4. The SMILES string of the molecule is C=CCN1C(SCC2=C(C(=O)O)N3C(=O)C(NC(=O)/C(=N\OC(C)C(=O)O)c4csc(N)n4)[C@@H]3SC2)=NC(N)=CC1N.CC(=O)OCC1=C(C(=O)O)N2C(=O)C(NC(=O)/C(=N\OCCC(=O)O)c3csc(N)n3)[C@@H]2SC1. The van der Waals surface area contributed by atoms with Crippen molar-refractivity contribution in [2.75, 3.05) is 48.5 Å². The number of thioether (sulfide) groups is 3. The Labute approximate surface area is 449 Å². The van der Waals surface area contributed by atoms with E-state index in [4.69, 9.17) is 47.6 Å². The molecule has 0 radical (unpaired) electrons. The van der Waals surface area contributed by atoms with Crippen LogP contribution in [0.25, 0.3) is 0 Å². The third-order valence-corrected chi connectivity index (χ3v) is 15.7. The third-order valence-electron chi connectivity index (χ3n) is 10.6. The van der Waals surface area contributed by atoms with Crippen molar-refractivity contribution >= 4 is 138 Å². The van der Waals surface area contributed by atoms with Crippen molar-refractivity contribution in [2.24, 2.45) is 26.8 Å². The normalized spacial score (nSPS) is 21.5. The Balaban J connectivity index is 0.000000252. The van der Waals surface area contributed by atoms with E-state index < -0.39 is 94.3 Å². The van der Waals surface area contributed by atoms with Gasteiger partial charge in [-0.25, -0.2) is 29.3 Å². The number of nitrogens with two attached hydrogens (primary N) is 4. The minimum atomic E-state index is -1.37. The number of amidine groups is 1. The summed E-state index contributed by atoms with van der Waals surface area (Å²) in [7, 11) is 0. The fraction of sp³-hybridized carbons (Fsp3) is 0.366. The molecule has 6 atom stereocenters. The highest BCUT2D eigenvalue weighted by molar-refractivity contribution is 8.14. The van der Waals surface area contributed by atoms with E-state index in [-0.39, 0.29) is 87.0 Å². The Bertz CT molecular complexity index is 2920. The number of aromatic nitrogens is 2. The Morgan fingerprint density at radius 1 is 0.868 bits per heavy atom. The number of ether oxygens (including phenoxy) is 1. The zero-order valence-electron chi connectivity index (χ0n) is 39.5. The topological polar surface area (TPSA) is 463 Å². The van der Waals surface area contributed by atoms with E-state index in [9.17, 15) is 53.4 Å². The van der Waals surface area contributed by atoms with Crippen LogP contribution < -0.4 is 33.6 Å². The third kappa shape index (κ3) is 13.4. The number of hydrogen-bond donors (Lipinski definition) is 10. The van der Waals surface area contributed by atoms with E-state index in [1.54, 1.807) is 17.1 Å². The fourth-order valence-electron chi connectivity index (χ4n) is 7.03. The number of oxime groups is 2. The predicted molar refractivity (Wildman–Crippen MR) is 276 cm³/mol. The lowest BCUT2D eigenvalue weighted by Crippen LogP contribution is -2.71. The average molecular weight is 1150 g/mol. The van der Waals surface area contributed by atoms with E-state index in [2.05, 4.69) is 42.5 Å². The Morgan fingerprint density at radius 3 is 1.87 bits per heavy atom. The maximum Gasteiger partial charge on any atom is 0.352 e. The molecule has 30 nitrogen and oxygen atoms in total. The van der Waals surface area contributed by atoms with Crippen LogP contribution in [0, 0.1) is 0 Å². The monoisotopic (exact) mass is 1150 g/mol. The van der Waals surface area contributed by atoms with Crippen LogP contribution in [0.5, 0.6) is 0 Å². The number of aliphatic imine (C=N–C) groups is 1. The molecule has 0 aromatic carbocycles. The van der Waals surface area contributed by atoms with Crippen molar-refractivity contribution in [2.45, 2.75) is 55.4 Å². The van der Waals surface area contributed by atoms with Crippen LogP contribution in [0.3, 0.4) is 0 Å². The number of nitrogens with one attached hydrogen (secondary N) is 2. The van der Waals surface area contributed by atoms with E-state index >= 15 is 0 Å². The molecule has 0 spiro atoms. The van der Waals surface area contributed by atoms with Crippen LogP contribution in [-0.4, -0.2) is 187 Å². The first kappa shape index (κ1) is 57.5. The first-order chi connectivity index (χ1) is 36.0. The summed E-state index contributed by atoms with van der Waals surface area (Å²) in [5.41, 5.74) is 22.9. The number of carboxylic acid groups (broad SMARTS) is 4. The zero-order valence-corrected chi connectivity index (χ0v) is 43.6. The van der Waals surface area contributed by atoms with Crippen LogP contribution in [-0.2, 0) is 57.6 Å². The van der Waals surface area contributed by atoms with Crippen LogP contribution in [0.1, 0.15) is 31.7 Å². The van der Waals surface area contributed by atoms with Gasteiger partial charge in [0.15, 0.2) is 26.9 Å². The van der Waals surface area contributed by atoms with Crippen LogP contribution in [0.2, 0.25) is 0 Å². The number of rotatable bonds is 21. The van der Waals surface area contributed by atoms with E-state index in [1.807, 2.05) is 0 Å². The van der Waals surface area contributed by atoms with Crippen LogP contribution in [0.15, 0.2) is 73.2 Å². The number of aliphatic carboxylic acids is 4. The zero-order chi connectivity index (χ0) is 55.7. The molecule has 7 rings (SSSR count). The largest absolute Gasteiger partial charge is 0.481 e. The van der Waals surface area contributed by atoms with Gasteiger partial charge in [0, 0.05) is 47.1 Å². The smallest absolute Gasteiger partial charge is 0.352 e. The predicted octanol–water partition coefficient (Wildman–Crippen LogP) is -1.44. The Morgan fingerprint density at radius 2 is 1.39 bits per heavy atom. The number of esters is 1. The molecule has 7 heterocycles. The molecule has 406 valence electrons. The number of β-lactam (4-membered cyclic amide) rings is 2. The molecular weight excluding hydrogens is 1100 g/mol. The highest BCUT2D eigenvalue weighted by atomic mass is 32.2. The van der Waals surface area contributed by atoms with Gasteiger partial charge in [0.25, 0.3) is 23.6 Å². The number of thiazole rings is 2. The van der Waals surface area contributed by atoms with Crippen molar-refractivity contribution in [1.82, 2.24) is 35.3 Å². The van der Waals surface area contributed by atoms with E-state index in [0.29, 0.717) is 17.3 Å². The molecule has 4 unspecified atom stereocenters. The van der Waals surface area contributed by atoms with Crippen LogP contribution >= 0.6 is 58.0 Å². The maximum atomic E-state index is 13.2. The van der Waals surface area contributed by atoms with Crippen LogP contribution in [0.4, 0.5) is 10.3 Å². The summed E-state index contributed by atoms with van der Waals surface area (Å²) in [5.74, 6) is -7.88. The lowest BCUT2D eigenvalue weighted by Gasteiger charge is -2.49. The number of hydrogen-bond acceptors (Lipinski definition) is 27.